The zero-order chi connectivity index (χ0) is 14.1. The average molecular weight is 291 g/mol. The van der Waals surface area contributed by atoms with E-state index in [0.717, 1.165) is 28.4 Å². The van der Waals surface area contributed by atoms with Gasteiger partial charge in [-0.25, -0.2) is 0 Å². The molecular formula is C14H17N3O2S. The number of thioether (sulfide) groups is 1. The molecule has 3 rings (SSSR count). The SMILES string of the molecule is COc1ccc(-c2noc(C3CSCC3N)n2)cc1C. The maximum atomic E-state index is 6.06. The molecule has 0 amide bonds. The smallest absolute Gasteiger partial charge is 0.232 e. The maximum Gasteiger partial charge on any atom is 0.232 e. The van der Waals surface area contributed by atoms with Crippen LogP contribution < -0.4 is 10.5 Å². The third-order valence-corrected chi connectivity index (χ3v) is 4.75. The van der Waals surface area contributed by atoms with Crippen molar-refractivity contribution >= 4 is 11.8 Å². The number of ether oxygens (including phenoxy) is 1. The Morgan fingerprint density at radius 1 is 1.40 bits per heavy atom. The largest absolute Gasteiger partial charge is 0.496 e. The molecule has 2 unspecified atom stereocenters. The Balaban J connectivity index is 1.88. The number of benzene rings is 1. The van der Waals surface area contributed by atoms with Gasteiger partial charge in [0.2, 0.25) is 11.7 Å². The highest BCUT2D eigenvalue weighted by Crippen LogP contribution is 2.32. The molecular weight excluding hydrogens is 274 g/mol. The van der Waals surface area contributed by atoms with Crippen molar-refractivity contribution in [1.82, 2.24) is 10.1 Å². The first-order valence-corrected chi connectivity index (χ1v) is 7.66. The van der Waals surface area contributed by atoms with Crippen molar-refractivity contribution in [3.63, 3.8) is 0 Å². The Kier molecular flexibility index (Phi) is 3.67. The van der Waals surface area contributed by atoms with Crippen LogP contribution in [0.15, 0.2) is 22.7 Å². The molecule has 2 N–H and O–H groups in total. The lowest BCUT2D eigenvalue weighted by atomic mass is 10.1. The van der Waals surface area contributed by atoms with Gasteiger partial charge in [0.05, 0.1) is 13.0 Å². The second-order valence-corrected chi connectivity index (χ2v) is 6.02. The molecule has 1 saturated heterocycles. The second kappa shape index (κ2) is 5.46. The standard InChI is InChI=1S/C14H17N3O2S/c1-8-5-9(3-4-12(8)18-2)13-16-14(19-17-13)10-6-20-7-11(10)15/h3-5,10-11H,6-7,15H2,1-2H3. The van der Waals surface area contributed by atoms with Crippen molar-refractivity contribution in [3.8, 4) is 17.1 Å². The third kappa shape index (κ3) is 2.41. The zero-order valence-electron chi connectivity index (χ0n) is 11.5. The number of methoxy groups -OCH3 is 1. The minimum absolute atomic E-state index is 0.103. The summed E-state index contributed by atoms with van der Waals surface area (Å²) < 4.78 is 10.6. The molecule has 6 heteroatoms. The van der Waals surface area contributed by atoms with E-state index in [1.807, 2.05) is 36.9 Å². The first-order valence-electron chi connectivity index (χ1n) is 6.51. The lowest BCUT2D eigenvalue weighted by molar-refractivity contribution is 0.352. The number of aromatic nitrogens is 2. The van der Waals surface area contributed by atoms with E-state index in [9.17, 15) is 0 Å². The summed E-state index contributed by atoms with van der Waals surface area (Å²) >= 11 is 1.83. The summed E-state index contributed by atoms with van der Waals surface area (Å²) in [4.78, 5) is 4.50. The van der Waals surface area contributed by atoms with Crippen molar-refractivity contribution in [2.24, 2.45) is 5.73 Å². The van der Waals surface area contributed by atoms with E-state index < -0.39 is 0 Å². The van der Waals surface area contributed by atoms with Crippen LogP contribution in [0, 0.1) is 6.92 Å². The number of aryl methyl sites for hydroxylation is 1. The molecule has 106 valence electrons. The van der Waals surface area contributed by atoms with Crippen molar-refractivity contribution < 1.29 is 9.26 Å². The van der Waals surface area contributed by atoms with Gasteiger partial charge in [-0.1, -0.05) is 5.16 Å². The van der Waals surface area contributed by atoms with Crippen LogP contribution in [0.25, 0.3) is 11.4 Å². The minimum atomic E-state index is 0.103. The van der Waals surface area contributed by atoms with Gasteiger partial charge in [-0.3, -0.25) is 0 Å². The number of nitrogens with two attached hydrogens (primary N) is 1. The van der Waals surface area contributed by atoms with Crippen LogP contribution in [-0.4, -0.2) is 34.8 Å². The fourth-order valence-corrected chi connectivity index (χ4v) is 3.63. The van der Waals surface area contributed by atoms with E-state index in [4.69, 9.17) is 15.0 Å². The van der Waals surface area contributed by atoms with Gasteiger partial charge in [0.25, 0.3) is 0 Å². The molecule has 1 fully saturated rings. The van der Waals surface area contributed by atoms with Crippen molar-refractivity contribution in [2.45, 2.75) is 18.9 Å². The van der Waals surface area contributed by atoms with Gasteiger partial charge < -0.3 is 15.0 Å². The molecule has 2 aromatic rings. The zero-order valence-corrected chi connectivity index (χ0v) is 12.3. The monoisotopic (exact) mass is 291 g/mol. The highest BCUT2D eigenvalue weighted by molar-refractivity contribution is 7.99. The van der Waals surface area contributed by atoms with Gasteiger partial charge in [0.1, 0.15) is 5.75 Å². The fraction of sp³-hybridized carbons (Fsp3) is 0.429. The highest BCUT2D eigenvalue weighted by atomic mass is 32.2. The molecule has 1 aromatic carbocycles. The summed E-state index contributed by atoms with van der Waals surface area (Å²) in [5, 5.41) is 4.07. The molecule has 0 saturated carbocycles. The normalized spacial score (nSPS) is 22.1. The molecule has 5 nitrogen and oxygen atoms in total. The summed E-state index contributed by atoms with van der Waals surface area (Å²) in [5.41, 5.74) is 8.03. The average Bonchev–Trinajstić information content (AvgIpc) is 3.07. The first kappa shape index (κ1) is 13.5. The molecule has 0 spiro atoms. The van der Waals surface area contributed by atoms with E-state index in [-0.39, 0.29) is 12.0 Å². The molecule has 1 aromatic heterocycles. The Labute approximate surface area is 121 Å². The van der Waals surface area contributed by atoms with Gasteiger partial charge in [-0.15, -0.1) is 0 Å². The maximum absolute atomic E-state index is 6.06. The molecule has 0 radical (unpaired) electrons. The number of rotatable bonds is 3. The summed E-state index contributed by atoms with van der Waals surface area (Å²) in [6, 6.07) is 5.95. The number of hydrogen-bond acceptors (Lipinski definition) is 6. The predicted octanol–water partition coefficient (Wildman–Crippen LogP) is 2.21. The highest BCUT2D eigenvalue weighted by Gasteiger charge is 2.31. The first-order chi connectivity index (χ1) is 9.69. The molecule has 0 bridgehead atoms. The van der Waals surface area contributed by atoms with Crippen molar-refractivity contribution in [1.29, 1.82) is 0 Å². The van der Waals surface area contributed by atoms with Gasteiger partial charge >= 0.3 is 0 Å². The molecule has 2 heterocycles. The van der Waals surface area contributed by atoms with Crippen molar-refractivity contribution in [2.75, 3.05) is 18.6 Å². The number of hydrogen-bond donors (Lipinski definition) is 1. The Hall–Kier alpha value is -1.53. The van der Waals surface area contributed by atoms with Gasteiger partial charge in [-0.2, -0.15) is 16.7 Å². The summed E-state index contributed by atoms with van der Waals surface area (Å²) in [6.45, 7) is 1.99. The van der Waals surface area contributed by atoms with Crippen LogP contribution >= 0.6 is 11.8 Å². The molecule has 1 aliphatic heterocycles. The van der Waals surface area contributed by atoms with Gasteiger partial charge in [0, 0.05) is 23.1 Å². The fourth-order valence-electron chi connectivity index (χ4n) is 2.35. The quantitative estimate of drug-likeness (QED) is 0.934. The molecule has 20 heavy (non-hydrogen) atoms. The van der Waals surface area contributed by atoms with Gasteiger partial charge in [-0.05, 0) is 30.7 Å². The Morgan fingerprint density at radius 3 is 2.90 bits per heavy atom. The minimum Gasteiger partial charge on any atom is -0.496 e. The van der Waals surface area contributed by atoms with E-state index in [1.54, 1.807) is 7.11 Å². The van der Waals surface area contributed by atoms with E-state index in [1.165, 1.54) is 0 Å². The Bertz CT molecular complexity index is 614. The predicted molar refractivity (Wildman–Crippen MR) is 79.1 cm³/mol. The summed E-state index contributed by atoms with van der Waals surface area (Å²) in [7, 11) is 1.66. The summed E-state index contributed by atoms with van der Waals surface area (Å²) in [6.07, 6.45) is 0. The van der Waals surface area contributed by atoms with Crippen molar-refractivity contribution in [3.05, 3.63) is 29.7 Å². The summed E-state index contributed by atoms with van der Waals surface area (Å²) in [5.74, 6) is 4.17. The third-order valence-electron chi connectivity index (χ3n) is 3.54. The van der Waals surface area contributed by atoms with Crippen LogP contribution in [0.2, 0.25) is 0 Å². The van der Waals surface area contributed by atoms with Crippen LogP contribution in [0.5, 0.6) is 5.75 Å². The molecule has 1 aliphatic rings. The van der Waals surface area contributed by atoms with Crippen LogP contribution in [0.3, 0.4) is 0 Å². The second-order valence-electron chi connectivity index (χ2n) is 4.95. The lowest BCUT2D eigenvalue weighted by Gasteiger charge is -2.07. The van der Waals surface area contributed by atoms with E-state index in [0.29, 0.717) is 11.7 Å². The topological polar surface area (TPSA) is 74.2 Å². The Morgan fingerprint density at radius 2 is 2.25 bits per heavy atom. The number of nitrogens with zero attached hydrogens (tertiary/aromatic N) is 2. The van der Waals surface area contributed by atoms with E-state index >= 15 is 0 Å². The lowest BCUT2D eigenvalue weighted by Crippen LogP contribution is -2.26. The molecule has 0 aliphatic carbocycles. The van der Waals surface area contributed by atoms with Crippen LogP contribution in [0.1, 0.15) is 17.4 Å². The van der Waals surface area contributed by atoms with Crippen LogP contribution in [0.4, 0.5) is 0 Å². The van der Waals surface area contributed by atoms with Gasteiger partial charge in [0.15, 0.2) is 0 Å². The van der Waals surface area contributed by atoms with E-state index in [2.05, 4.69) is 10.1 Å². The van der Waals surface area contributed by atoms with Crippen LogP contribution in [-0.2, 0) is 0 Å². The molecule has 2 atom stereocenters.